The first-order chi connectivity index (χ1) is 14.4. The Kier molecular flexibility index (Phi) is 6.61. The van der Waals surface area contributed by atoms with Crippen LogP contribution in [0.1, 0.15) is 37.4 Å². The number of rotatable bonds is 8. The van der Waals surface area contributed by atoms with Gasteiger partial charge in [0.25, 0.3) is 0 Å². The van der Waals surface area contributed by atoms with Crippen molar-refractivity contribution in [3.63, 3.8) is 0 Å². The molecule has 1 saturated heterocycles. The Balaban J connectivity index is 1.68. The quantitative estimate of drug-likeness (QED) is 0.538. The van der Waals surface area contributed by atoms with Crippen LogP contribution in [0, 0.1) is 5.92 Å². The van der Waals surface area contributed by atoms with E-state index in [0.717, 1.165) is 16.0 Å². The number of carbonyl (C=O) groups excluding carboxylic acids is 4. The highest BCUT2D eigenvalue weighted by molar-refractivity contribution is 6.44. The lowest BCUT2D eigenvalue weighted by Gasteiger charge is -2.22. The van der Waals surface area contributed by atoms with Gasteiger partial charge in [-0.3, -0.25) is 19.3 Å². The fourth-order valence-corrected chi connectivity index (χ4v) is 3.41. The zero-order valence-electron chi connectivity index (χ0n) is 17.1. The van der Waals surface area contributed by atoms with Gasteiger partial charge in [0, 0.05) is 0 Å². The average Bonchev–Trinajstić information content (AvgIpc) is 2.92. The Morgan fingerprint density at radius 1 is 0.867 bits per heavy atom. The highest BCUT2D eigenvalue weighted by Crippen LogP contribution is 2.21. The van der Waals surface area contributed by atoms with Gasteiger partial charge in [-0.1, -0.05) is 74.5 Å². The minimum absolute atomic E-state index is 0.0116. The molecule has 1 fully saturated rings. The monoisotopic (exact) mass is 407 g/mol. The van der Waals surface area contributed by atoms with Crippen molar-refractivity contribution in [3.8, 4) is 0 Å². The lowest BCUT2D eigenvalue weighted by Crippen LogP contribution is -2.42. The minimum Gasteiger partial charge on any atom is -0.348 e. The Morgan fingerprint density at radius 2 is 1.43 bits per heavy atom. The standard InChI is InChI=1S/C23H25N3O4/c1-16(2)13-19(18-11-7-4-8-12-18)24-20(27)15-26-22(29)21(28)25(23(26)30)14-17-9-5-3-6-10-17/h3-12,16,19H,13-15H2,1-2H3,(H,24,27)/t19-/m0/s1. The van der Waals surface area contributed by atoms with Crippen molar-refractivity contribution >= 4 is 23.8 Å². The summed E-state index contributed by atoms with van der Waals surface area (Å²) in [5.74, 6) is -2.06. The molecule has 0 radical (unpaired) electrons. The summed E-state index contributed by atoms with van der Waals surface area (Å²) in [4.78, 5) is 51.4. The van der Waals surface area contributed by atoms with E-state index in [1.165, 1.54) is 0 Å². The van der Waals surface area contributed by atoms with Gasteiger partial charge in [0.2, 0.25) is 5.91 Å². The maximum Gasteiger partial charge on any atom is 0.335 e. The molecule has 1 aliphatic rings. The highest BCUT2D eigenvalue weighted by Gasteiger charge is 2.45. The third-order valence-corrected chi connectivity index (χ3v) is 4.86. The molecule has 5 amide bonds. The summed E-state index contributed by atoms with van der Waals surface area (Å²) < 4.78 is 0. The topological polar surface area (TPSA) is 86.8 Å². The Hall–Kier alpha value is -3.48. The van der Waals surface area contributed by atoms with Crippen molar-refractivity contribution < 1.29 is 19.2 Å². The van der Waals surface area contributed by atoms with Gasteiger partial charge in [0.15, 0.2) is 0 Å². The van der Waals surface area contributed by atoms with E-state index in [4.69, 9.17) is 0 Å². The molecular formula is C23H25N3O4. The van der Waals surface area contributed by atoms with Gasteiger partial charge < -0.3 is 5.32 Å². The molecule has 0 unspecified atom stereocenters. The number of amides is 5. The minimum atomic E-state index is -0.980. The normalized spacial score (nSPS) is 15.1. The number of urea groups is 1. The van der Waals surface area contributed by atoms with Crippen molar-refractivity contribution in [2.24, 2.45) is 5.92 Å². The van der Waals surface area contributed by atoms with Gasteiger partial charge in [0.05, 0.1) is 12.6 Å². The lowest BCUT2D eigenvalue weighted by atomic mass is 9.97. The van der Waals surface area contributed by atoms with Gasteiger partial charge in [-0.15, -0.1) is 0 Å². The van der Waals surface area contributed by atoms with Gasteiger partial charge in [-0.2, -0.15) is 0 Å². The fraction of sp³-hybridized carbons (Fsp3) is 0.304. The average molecular weight is 407 g/mol. The van der Waals surface area contributed by atoms with Crippen LogP contribution >= 0.6 is 0 Å². The summed E-state index contributed by atoms with van der Waals surface area (Å²) in [6.45, 7) is 3.60. The van der Waals surface area contributed by atoms with Crippen molar-refractivity contribution in [2.75, 3.05) is 6.54 Å². The molecular weight excluding hydrogens is 382 g/mol. The molecule has 0 bridgehead atoms. The number of nitrogens with one attached hydrogen (secondary N) is 1. The number of nitrogens with zero attached hydrogens (tertiary/aromatic N) is 2. The van der Waals surface area contributed by atoms with Crippen molar-refractivity contribution in [1.82, 2.24) is 15.1 Å². The van der Waals surface area contributed by atoms with E-state index in [-0.39, 0.29) is 12.6 Å². The number of benzene rings is 2. The van der Waals surface area contributed by atoms with Crippen LogP contribution in [-0.4, -0.2) is 40.1 Å². The van der Waals surface area contributed by atoms with E-state index in [2.05, 4.69) is 19.2 Å². The van der Waals surface area contributed by atoms with Crippen molar-refractivity contribution in [1.29, 1.82) is 0 Å². The smallest absolute Gasteiger partial charge is 0.335 e. The Bertz CT molecular complexity index is 928. The van der Waals surface area contributed by atoms with Gasteiger partial charge >= 0.3 is 17.8 Å². The fourth-order valence-electron chi connectivity index (χ4n) is 3.41. The third-order valence-electron chi connectivity index (χ3n) is 4.86. The van der Waals surface area contributed by atoms with Crippen molar-refractivity contribution in [3.05, 3.63) is 71.8 Å². The molecule has 2 aromatic rings. The highest BCUT2D eigenvalue weighted by atomic mass is 16.2. The van der Waals surface area contributed by atoms with Crippen LogP contribution < -0.4 is 5.32 Å². The molecule has 0 saturated carbocycles. The second-order valence-corrected chi connectivity index (χ2v) is 7.71. The summed E-state index contributed by atoms with van der Waals surface area (Å²) in [5.41, 5.74) is 1.67. The molecule has 1 atom stereocenters. The van der Waals surface area contributed by atoms with Crippen LogP contribution in [0.5, 0.6) is 0 Å². The van der Waals surface area contributed by atoms with Gasteiger partial charge in [-0.05, 0) is 23.5 Å². The molecule has 0 spiro atoms. The van der Waals surface area contributed by atoms with E-state index in [1.807, 2.05) is 36.4 Å². The molecule has 2 aromatic carbocycles. The maximum atomic E-state index is 12.6. The predicted octanol–water partition coefficient (Wildman–Crippen LogP) is 2.88. The number of hydrogen-bond acceptors (Lipinski definition) is 4. The van der Waals surface area contributed by atoms with Crippen LogP contribution in [0.3, 0.4) is 0 Å². The van der Waals surface area contributed by atoms with Crippen LogP contribution in [0.4, 0.5) is 4.79 Å². The first-order valence-electron chi connectivity index (χ1n) is 9.92. The van der Waals surface area contributed by atoms with E-state index in [0.29, 0.717) is 17.2 Å². The molecule has 0 aliphatic carbocycles. The van der Waals surface area contributed by atoms with Crippen LogP contribution in [0.2, 0.25) is 0 Å². The molecule has 7 heteroatoms. The molecule has 1 heterocycles. The first kappa shape index (κ1) is 21.2. The predicted molar refractivity (Wildman–Crippen MR) is 111 cm³/mol. The molecule has 0 aromatic heterocycles. The summed E-state index contributed by atoms with van der Waals surface area (Å²) in [5, 5.41) is 2.90. The van der Waals surface area contributed by atoms with Crippen LogP contribution in [-0.2, 0) is 20.9 Å². The maximum absolute atomic E-state index is 12.6. The molecule has 30 heavy (non-hydrogen) atoms. The second kappa shape index (κ2) is 9.35. The first-order valence-corrected chi connectivity index (χ1v) is 9.92. The van der Waals surface area contributed by atoms with Crippen LogP contribution in [0.25, 0.3) is 0 Å². The van der Waals surface area contributed by atoms with Crippen LogP contribution in [0.15, 0.2) is 60.7 Å². The zero-order valence-corrected chi connectivity index (χ0v) is 17.1. The van der Waals surface area contributed by atoms with E-state index < -0.39 is 30.3 Å². The largest absolute Gasteiger partial charge is 0.348 e. The Labute approximate surface area is 175 Å². The molecule has 1 N–H and O–H groups in total. The Morgan fingerprint density at radius 3 is 2.03 bits per heavy atom. The van der Waals surface area contributed by atoms with E-state index in [9.17, 15) is 19.2 Å². The summed E-state index contributed by atoms with van der Waals surface area (Å²) in [6, 6.07) is 17.4. The van der Waals surface area contributed by atoms with E-state index in [1.54, 1.807) is 24.3 Å². The van der Waals surface area contributed by atoms with Gasteiger partial charge in [0.1, 0.15) is 6.54 Å². The summed E-state index contributed by atoms with van der Waals surface area (Å²) >= 11 is 0. The van der Waals surface area contributed by atoms with E-state index >= 15 is 0 Å². The molecule has 1 aliphatic heterocycles. The summed E-state index contributed by atoms with van der Waals surface area (Å²) in [7, 11) is 0. The third kappa shape index (κ3) is 4.92. The number of hydrogen-bond donors (Lipinski definition) is 1. The number of imide groups is 2. The molecule has 156 valence electrons. The summed E-state index contributed by atoms with van der Waals surface area (Å²) in [6.07, 6.45) is 0.705. The SMILES string of the molecule is CC(C)C[C@H](NC(=O)CN1C(=O)C(=O)N(Cc2ccccc2)C1=O)c1ccccc1. The van der Waals surface area contributed by atoms with Crippen molar-refractivity contribution in [2.45, 2.75) is 32.9 Å². The zero-order chi connectivity index (χ0) is 21.7. The lowest BCUT2D eigenvalue weighted by molar-refractivity contribution is -0.144. The molecule has 7 nitrogen and oxygen atoms in total. The van der Waals surface area contributed by atoms with Gasteiger partial charge in [-0.25, -0.2) is 9.69 Å². The second-order valence-electron chi connectivity index (χ2n) is 7.71. The molecule has 3 rings (SSSR count). The number of carbonyl (C=O) groups is 4.